The van der Waals surface area contributed by atoms with Crippen LogP contribution < -0.4 is 11.1 Å². The van der Waals surface area contributed by atoms with Crippen LogP contribution in [0.1, 0.15) is 51.5 Å². The Hall–Kier alpha value is -1.02. The van der Waals surface area contributed by atoms with Gasteiger partial charge in [0.1, 0.15) is 0 Å². The molecule has 0 aromatic heterocycles. The number of nitrogen functional groups attached to an aromatic ring is 1. The molecule has 1 aromatic rings. The highest BCUT2D eigenvalue weighted by molar-refractivity contribution is 5.46. The van der Waals surface area contributed by atoms with E-state index in [2.05, 4.69) is 31.3 Å². The van der Waals surface area contributed by atoms with Crippen LogP contribution in [0, 0.1) is 0 Å². The summed E-state index contributed by atoms with van der Waals surface area (Å²) >= 11 is 0. The zero-order chi connectivity index (χ0) is 13.2. The van der Waals surface area contributed by atoms with Crippen molar-refractivity contribution in [1.82, 2.24) is 5.32 Å². The van der Waals surface area contributed by atoms with Gasteiger partial charge >= 0.3 is 0 Å². The lowest BCUT2D eigenvalue weighted by Gasteiger charge is -2.13. The Labute approximate surface area is 112 Å². The molecule has 2 nitrogen and oxygen atoms in total. The van der Waals surface area contributed by atoms with Gasteiger partial charge in [-0.25, -0.2) is 0 Å². The minimum absolute atomic E-state index is 0.643. The molecule has 1 atom stereocenters. The maximum absolute atomic E-state index is 5.92. The second-order valence-corrected chi connectivity index (χ2v) is 5.15. The monoisotopic (exact) mass is 248 g/mol. The summed E-state index contributed by atoms with van der Waals surface area (Å²) in [6.07, 6.45) is 7.53. The molecule has 0 aliphatic heterocycles. The van der Waals surface area contributed by atoms with E-state index >= 15 is 0 Å². The summed E-state index contributed by atoms with van der Waals surface area (Å²) in [5.41, 5.74) is 8.12. The molecule has 0 aliphatic rings. The first-order valence-electron chi connectivity index (χ1n) is 7.30. The highest BCUT2D eigenvalue weighted by Gasteiger charge is 2.01. The molecule has 1 rings (SSSR count). The third-order valence-electron chi connectivity index (χ3n) is 3.41. The van der Waals surface area contributed by atoms with Gasteiger partial charge in [0.15, 0.2) is 0 Å². The molecule has 0 amide bonds. The molecule has 0 aliphatic carbocycles. The largest absolute Gasteiger partial charge is 0.399 e. The summed E-state index contributed by atoms with van der Waals surface area (Å²) in [7, 11) is 0. The summed E-state index contributed by atoms with van der Waals surface area (Å²) in [4.78, 5) is 0. The minimum atomic E-state index is 0.643. The lowest BCUT2D eigenvalue weighted by molar-refractivity contribution is 0.483. The minimum Gasteiger partial charge on any atom is -0.399 e. The fourth-order valence-corrected chi connectivity index (χ4v) is 2.19. The van der Waals surface area contributed by atoms with Crippen LogP contribution in [0.25, 0.3) is 0 Å². The third-order valence-corrected chi connectivity index (χ3v) is 3.41. The van der Waals surface area contributed by atoms with Crippen molar-refractivity contribution in [3.8, 4) is 0 Å². The Morgan fingerprint density at radius 1 is 1.17 bits per heavy atom. The van der Waals surface area contributed by atoms with Crippen molar-refractivity contribution >= 4 is 5.69 Å². The second kappa shape index (κ2) is 8.98. The van der Waals surface area contributed by atoms with Crippen molar-refractivity contribution in [1.29, 1.82) is 0 Å². The molecule has 3 N–H and O–H groups in total. The number of nitrogens with one attached hydrogen (secondary N) is 1. The van der Waals surface area contributed by atoms with Gasteiger partial charge in [-0.15, -0.1) is 0 Å². The lowest BCUT2D eigenvalue weighted by atomic mass is 10.1. The Balaban J connectivity index is 2.09. The second-order valence-electron chi connectivity index (χ2n) is 5.15. The van der Waals surface area contributed by atoms with Crippen molar-refractivity contribution in [2.75, 3.05) is 12.3 Å². The molecule has 0 radical (unpaired) electrons. The first kappa shape index (κ1) is 15.0. The van der Waals surface area contributed by atoms with E-state index in [4.69, 9.17) is 5.73 Å². The summed E-state index contributed by atoms with van der Waals surface area (Å²) in [5, 5.41) is 3.59. The highest BCUT2D eigenvalue weighted by atomic mass is 14.9. The van der Waals surface area contributed by atoms with E-state index < -0.39 is 0 Å². The Kier molecular flexibility index (Phi) is 7.51. The van der Waals surface area contributed by atoms with Crippen molar-refractivity contribution in [2.24, 2.45) is 0 Å². The summed E-state index contributed by atoms with van der Waals surface area (Å²) in [6, 6.07) is 8.81. The smallest absolute Gasteiger partial charge is 0.0346 e. The van der Waals surface area contributed by atoms with E-state index in [1.807, 2.05) is 12.1 Å². The summed E-state index contributed by atoms with van der Waals surface area (Å²) < 4.78 is 0. The normalized spacial score (nSPS) is 12.6. The van der Waals surface area contributed by atoms with Crippen LogP contribution in [0.5, 0.6) is 0 Å². The van der Waals surface area contributed by atoms with Crippen molar-refractivity contribution in [3.05, 3.63) is 29.8 Å². The lowest BCUT2D eigenvalue weighted by Crippen LogP contribution is -2.27. The van der Waals surface area contributed by atoms with Gasteiger partial charge in [-0.1, -0.05) is 44.4 Å². The van der Waals surface area contributed by atoms with E-state index in [1.54, 1.807) is 0 Å². The number of para-hydroxylation sites is 1. The van der Waals surface area contributed by atoms with Gasteiger partial charge in [-0.3, -0.25) is 0 Å². The Bertz CT molecular complexity index is 323. The predicted molar refractivity (Wildman–Crippen MR) is 80.8 cm³/mol. The Morgan fingerprint density at radius 2 is 1.94 bits per heavy atom. The molecule has 0 saturated heterocycles. The molecule has 1 unspecified atom stereocenters. The van der Waals surface area contributed by atoms with Crippen LogP contribution in [0.3, 0.4) is 0 Å². The molecule has 102 valence electrons. The van der Waals surface area contributed by atoms with Crippen LogP contribution in [0.15, 0.2) is 24.3 Å². The SMILES string of the molecule is CCCCCC(C)NCCCc1ccccc1N. The molecule has 0 bridgehead atoms. The first-order valence-corrected chi connectivity index (χ1v) is 7.30. The first-order chi connectivity index (χ1) is 8.74. The zero-order valence-corrected chi connectivity index (χ0v) is 11.9. The van der Waals surface area contributed by atoms with E-state index in [0.717, 1.165) is 25.1 Å². The number of rotatable bonds is 9. The van der Waals surface area contributed by atoms with Gasteiger partial charge in [-0.2, -0.15) is 0 Å². The number of benzene rings is 1. The molecule has 2 heteroatoms. The average Bonchev–Trinajstić information content (AvgIpc) is 2.37. The molecule has 0 fully saturated rings. The van der Waals surface area contributed by atoms with Crippen molar-refractivity contribution < 1.29 is 0 Å². The number of anilines is 1. The van der Waals surface area contributed by atoms with Crippen LogP contribution in [0.2, 0.25) is 0 Å². The predicted octanol–water partition coefficient (Wildman–Crippen LogP) is 3.76. The summed E-state index contributed by atoms with van der Waals surface area (Å²) in [6.45, 7) is 5.62. The maximum atomic E-state index is 5.92. The average molecular weight is 248 g/mol. The number of hydrogen-bond acceptors (Lipinski definition) is 2. The van der Waals surface area contributed by atoms with E-state index in [-0.39, 0.29) is 0 Å². The summed E-state index contributed by atoms with van der Waals surface area (Å²) in [5.74, 6) is 0. The molecule has 18 heavy (non-hydrogen) atoms. The fraction of sp³-hybridized carbons (Fsp3) is 0.625. The molecular weight excluding hydrogens is 220 g/mol. The van der Waals surface area contributed by atoms with Gasteiger partial charge in [0, 0.05) is 11.7 Å². The number of hydrogen-bond donors (Lipinski definition) is 2. The molecule has 0 spiro atoms. The van der Waals surface area contributed by atoms with E-state index in [1.165, 1.54) is 31.2 Å². The van der Waals surface area contributed by atoms with Crippen molar-refractivity contribution in [2.45, 2.75) is 58.4 Å². The standard InChI is InChI=1S/C16H28N2/c1-3-4-5-9-14(2)18-13-8-11-15-10-6-7-12-16(15)17/h6-7,10,12,14,18H,3-5,8-9,11,13,17H2,1-2H3. The molecule has 0 heterocycles. The fourth-order valence-electron chi connectivity index (χ4n) is 2.19. The topological polar surface area (TPSA) is 38.0 Å². The maximum Gasteiger partial charge on any atom is 0.0346 e. The number of nitrogens with two attached hydrogens (primary N) is 1. The third kappa shape index (κ3) is 6.06. The van der Waals surface area contributed by atoms with E-state index in [0.29, 0.717) is 6.04 Å². The van der Waals surface area contributed by atoms with Crippen LogP contribution in [-0.4, -0.2) is 12.6 Å². The van der Waals surface area contributed by atoms with Gasteiger partial charge < -0.3 is 11.1 Å². The quantitative estimate of drug-likeness (QED) is 0.516. The van der Waals surface area contributed by atoms with E-state index in [9.17, 15) is 0 Å². The van der Waals surface area contributed by atoms with Gasteiger partial charge in [0.05, 0.1) is 0 Å². The molecule has 1 aromatic carbocycles. The van der Waals surface area contributed by atoms with Crippen molar-refractivity contribution in [3.63, 3.8) is 0 Å². The van der Waals surface area contributed by atoms with Gasteiger partial charge in [-0.05, 0) is 44.4 Å². The van der Waals surface area contributed by atoms with Crippen LogP contribution in [-0.2, 0) is 6.42 Å². The Morgan fingerprint density at radius 3 is 2.67 bits per heavy atom. The zero-order valence-electron chi connectivity index (χ0n) is 11.9. The molecule has 0 saturated carbocycles. The number of aryl methyl sites for hydroxylation is 1. The van der Waals surface area contributed by atoms with Gasteiger partial charge in [0.2, 0.25) is 0 Å². The molecular formula is C16H28N2. The highest BCUT2D eigenvalue weighted by Crippen LogP contribution is 2.12. The van der Waals surface area contributed by atoms with Crippen LogP contribution >= 0.6 is 0 Å². The van der Waals surface area contributed by atoms with Gasteiger partial charge in [0.25, 0.3) is 0 Å². The van der Waals surface area contributed by atoms with Crippen LogP contribution in [0.4, 0.5) is 5.69 Å². The number of unbranched alkanes of at least 4 members (excludes halogenated alkanes) is 2.